The minimum Gasteiger partial charge on any atom is -0.443 e. The summed E-state index contributed by atoms with van der Waals surface area (Å²) in [7, 11) is -3.27. The Morgan fingerprint density at radius 3 is 2.55 bits per heavy atom. The van der Waals surface area contributed by atoms with Gasteiger partial charge in [-0.15, -0.1) is 4.99 Å². The fourth-order valence-corrected chi connectivity index (χ4v) is 2.63. The Morgan fingerprint density at radius 2 is 1.93 bits per heavy atom. The average Bonchev–Trinajstić information content (AvgIpc) is 2.64. The molecule has 0 aliphatic rings. The first-order valence-electron chi connectivity index (χ1n) is 8.20. The van der Waals surface area contributed by atoms with Gasteiger partial charge < -0.3 is 21.5 Å². The van der Waals surface area contributed by atoms with Crippen molar-refractivity contribution in [2.45, 2.75) is 6.61 Å². The second kappa shape index (κ2) is 9.75. The van der Waals surface area contributed by atoms with E-state index in [2.05, 4.69) is 25.0 Å². The number of aliphatic imine (C=N–C) groups is 1. The molecule has 0 aliphatic heterocycles. The Balaban J connectivity index is 2.03. The van der Waals surface area contributed by atoms with Crippen molar-refractivity contribution in [3.05, 3.63) is 42.0 Å². The first-order chi connectivity index (χ1) is 13.7. The minimum absolute atomic E-state index is 0.121. The van der Waals surface area contributed by atoms with Crippen LogP contribution < -0.4 is 21.5 Å². The molecule has 1 heterocycles. The maximum atomic E-state index is 14.7. The molecule has 0 saturated heterocycles. The molecule has 1 amide bonds. The number of sulfonamides is 1. The van der Waals surface area contributed by atoms with Crippen molar-refractivity contribution in [2.75, 3.05) is 24.7 Å². The van der Waals surface area contributed by atoms with Crippen molar-refractivity contribution in [1.29, 1.82) is 0 Å². The molecule has 2 aromatic rings. The Bertz CT molecular complexity index is 993. The van der Waals surface area contributed by atoms with E-state index >= 15 is 0 Å². The molecule has 0 radical (unpaired) electrons. The fraction of sp³-hybridized carbons (Fsp3) is 0.250. The maximum absolute atomic E-state index is 14.7. The third-order valence-corrected chi connectivity index (χ3v) is 4.11. The summed E-state index contributed by atoms with van der Waals surface area (Å²) in [6, 6.07) is 4.57. The number of nitrogens with one attached hydrogen (secondary N) is 2. The van der Waals surface area contributed by atoms with E-state index in [1.165, 1.54) is 24.5 Å². The largest absolute Gasteiger partial charge is 0.443 e. The number of benzene rings is 1. The van der Waals surface area contributed by atoms with Crippen LogP contribution in [0.2, 0.25) is 0 Å². The minimum atomic E-state index is -3.27. The molecule has 0 bridgehead atoms. The molecule has 0 aliphatic carbocycles. The number of carbonyl (C=O) groups excluding carboxylic acids is 1. The number of amides is 1. The Kier molecular flexibility index (Phi) is 7.39. The maximum Gasteiger partial charge on any atom is 0.437 e. The molecule has 29 heavy (non-hydrogen) atoms. The van der Waals surface area contributed by atoms with Crippen LogP contribution in [0.15, 0.2) is 35.6 Å². The van der Waals surface area contributed by atoms with Crippen molar-refractivity contribution in [3.8, 4) is 11.1 Å². The van der Waals surface area contributed by atoms with Crippen LogP contribution in [-0.2, 0) is 21.4 Å². The lowest BCUT2D eigenvalue weighted by atomic mass is 10.1. The number of nitrogens with zero attached hydrogens (tertiary/aromatic N) is 3. The van der Waals surface area contributed by atoms with Gasteiger partial charge in [-0.1, -0.05) is 18.2 Å². The van der Waals surface area contributed by atoms with Gasteiger partial charge in [0.25, 0.3) is 0 Å². The van der Waals surface area contributed by atoms with E-state index in [0.29, 0.717) is 5.56 Å². The molecule has 13 heteroatoms. The summed E-state index contributed by atoms with van der Waals surface area (Å²) in [5.41, 5.74) is 10.9. The second-order valence-electron chi connectivity index (χ2n) is 5.76. The highest BCUT2D eigenvalue weighted by Gasteiger charge is 2.13. The van der Waals surface area contributed by atoms with Gasteiger partial charge in [-0.2, -0.15) is 0 Å². The van der Waals surface area contributed by atoms with Crippen LogP contribution in [0.1, 0.15) is 5.56 Å². The highest BCUT2D eigenvalue weighted by Crippen LogP contribution is 2.24. The molecule has 2 rings (SSSR count). The zero-order chi connectivity index (χ0) is 21.4. The van der Waals surface area contributed by atoms with Gasteiger partial charge in [-0.25, -0.2) is 32.3 Å². The predicted octanol–water partition coefficient (Wildman–Crippen LogP) is 0.154. The van der Waals surface area contributed by atoms with Crippen LogP contribution in [0.3, 0.4) is 0 Å². The number of nitrogens with two attached hydrogens (primary N) is 2. The van der Waals surface area contributed by atoms with E-state index < -0.39 is 27.9 Å². The van der Waals surface area contributed by atoms with E-state index in [-0.39, 0.29) is 36.8 Å². The van der Waals surface area contributed by atoms with Crippen molar-refractivity contribution in [1.82, 2.24) is 14.7 Å². The molecule has 0 atom stereocenters. The standard InChI is InChI=1S/C16H20FN7O4S/c1-29(26,27)23-6-5-20-15-21-7-11(8-22-15)12-4-2-3-10(13(12)17)9-28-16(25)24-14(18)19/h2-4,7-8,23H,5-6,9H2,1H3,(H,20,21,22)(H4,18,19,24,25). The smallest absolute Gasteiger partial charge is 0.437 e. The number of ether oxygens (including phenoxy) is 1. The lowest BCUT2D eigenvalue weighted by Gasteiger charge is -2.09. The number of aromatic nitrogens is 2. The molecule has 11 nitrogen and oxygen atoms in total. The summed E-state index contributed by atoms with van der Waals surface area (Å²) in [5.74, 6) is -0.805. The molecule has 0 unspecified atom stereocenters. The number of guanidine groups is 1. The van der Waals surface area contributed by atoms with E-state index in [0.717, 1.165) is 6.26 Å². The van der Waals surface area contributed by atoms with Crippen molar-refractivity contribution >= 4 is 28.0 Å². The zero-order valence-corrected chi connectivity index (χ0v) is 16.2. The quantitative estimate of drug-likeness (QED) is 0.261. The summed E-state index contributed by atoms with van der Waals surface area (Å²) in [4.78, 5) is 22.7. The number of anilines is 1. The molecule has 6 N–H and O–H groups in total. The number of halogens is 1. The van der Waals surface area contributed by atoms with E-state index in [9.17, 15) is 17.6 Å². The normalized spacial score (nSPS) is 11.0. The highest BCUT2D eigenvalue weighted by atomic mass is 32.2. The first kappa shape index (κ1) is 22.0. The van der Waals surface area contributed by atoms with Gasteiger partial charge in [0.05, 0.1) is 6.26 Å². The van der Waals surface area contributed by atoms with Gasteiger partial charge in [-0.3, -0.25) is 0 Å². The van der Waals surface area contributed by atoms with Crippen molar-refractivity contribution in [2.24, 2.45) is 16.5 Å². The summed E-state index contributed by atoms with van der Waals surface area (Å²) < 4.78 is 43.8. The molecule has 1 aromatic heterocycles. The monoisotopic (exact) mass is 425 g/mol. The number of carbonyl (C=O) groups is 1. The van der Waals surface area contributed by atoms with Crippen LogP contribution in [0.5, 0.6) is 0 Å². The van der Waals surface area contributed by atoms with E-state index in [1.807, 2.05) is 0 Å². The Hall–Kier alpha value is -3.32. The molecule has 0 saturated carbocycles. The number of hydrogen-bond donors (Lipinski definition) is 4. The predicted molar refractivity (Wildman–Crippen MR) is 105 cm³/mol. The van der Waals surface area contributed by atoms with Crippen LogP contribution in [0.4, 0.5) is 15.1 Å². The molecule has 156 valence electrons. The molecular formula is C16H20FN7O4S. The summed E-state index contributed by atoms with van der Waals surface area (Å²) >= 11 is 0. The summed E-state index contributed by atoms with van der Waals surface area (Å²) in [6.07, 6.45) is 2.85. The molecule has 1 aromatic carbocycles. The lowest BCUT2D eigenvalue weighted by Crippen LogP contribution is -2.27. The van der Waals surface area contributed by atoms with Crippen LogP contribution in [0, 0.1) is 5.82 Å². The van der Waals surface area contributed by atoms with E-state index in [4.69, 9.17) is 16.2 Å². The van der Waals surface area contributed by atoms with Crippen LogP contribution in [-0.4, -0.2) is 49.8 Å². The zero-order valence-electron chi connectivity index (χ0n) is 15.4. The second-order valence-corrected chi connectivity index (χ2v) is 7.59. The molecule has 0 spiro atoms. The Labute approximate surface area is 166 Å². The fourth-order valence-electron chi connectivity index (χ4n) is 2.16. The van der Waals surface area contributed by atoms with E-state index in [1.54, 1.807) is 6.07 Å². The van der Waals surface area contributed by atoms with Gasteiger partial charge >= 0.3 is 6.09 Å². The van der Waals surface area contributed by atoms with Crippen LogP contribution >= 0.6 is 0 Å². The summed E-state index contributed by atoms with van der Waals surface area (Å²) in [6.45, 7) is 0.0831. The third kappa shape index (κ3) is 7.31. The topological polar surface area (TPSA) is 175 Å². The number of rotatable bonds is 8. The van der Waals surface area contributed by atoms with Gasteiger partial charge in [0, 0.05) is 42.2 Å². The third-order valence-electron chi connectivity index (χ3n) is 3.39. The van der Waals surface area contributed by atoms with Crippen LogP contribution in [0.25, 0.3) is 11.1 Å². The van der Waals surface area contributed by atoms with Gasteiger partial charge in [0.2, 0.25) is 16.0 Å². The lowest BCUT2D eigenvalue weighted by molar-refractivity contribution is 0.149. The Morgan fingerprint density at radius 1 is 1.24 bits per heavy atom. The van der Waals surface area contributed by atoms with Gasteiger partial charge in [0.1, 0.15) is 12.4 Å². The SMILES string of the molecule is CS(=O)(=O)NCCNc1ncc(-c2cccc(COC(=O)N=C(N)N)c2F)cn1. The van der Waals surface area contributed by atoms with Gasteiger partial charge in [-0.05, 0) is 0 Å². The van der Waals surface area contributed by atoms with Crippen molar-refractivity contribution in [3.63, 3.8) is 0 Å². The highest BCUT2D eigenvalue weighted by molar-refractivity contribution is 7.88. The molecular weight excluding hydrogens is 405 g/mol. The summed E-state index contributed by atoms with van der Waals surface area (Å²) in [5, 5.41) is 2.84. The average molecular weight is 425 g/mol. The first-order valence-corrected chi connectivity index (χ1v) is 10.1. The van der Waals surface area contributed by atoms with Gasteiger partial charge in [0.15, 0.2) is 5.96 Å². The molecule has 0 fully saturated rings. The van der Waals surface area contributed by atoms with Crippen molar-refractivity contribution < 1.29 is 22.3 Å². The number of hydrogen-bond acceptors (Lipinski definition) is 7.